The number of nitrogens with one attached hydrogen (secondary N) is 2. The maximum atomic E-state index is 13.7. The number of hydrogen-bond acceptors (Lipinski definition) is 9. The second-order valence-corrected chi connectivity index (χ2v) is 12.3. The first kappa shape index (κ1) is 35.3. The lowest BCUT2D eigenvalue weighted by molar-refractivity contribution is 0.0861. The van der Waals surface area contributed by atoms with Gasteiger partial charge in [0.15, 0.2) is 0 Å². The lowest BCUT2D eigenvalue weighted by atomic mass is 9.93. The average molecular weight is 679 g/mol. The van der Waals surface area contributed by atoms with Gasteiger partial charge in [-0.15, -0.1) is 11.8 Å². The molecule has 2 amide bonds. The van der Waals surface area contributed by atoms with Crippen LogP contribution >= 0.6 is 23.4 Å². The van der Waals surface area contributed by atoms with E-state index >= 15 is 0 Å². The third-order valence-electron chi connectivity index (χ3n) is 7.75. The molecule has 0 bridgehead atoms. The van der Waals surface area contributed by atoms with Crippen molar-refractivity contribution in [3.63, 3.8) is 0 Å². The Morgan fingerprint density at radius 2 is 1.37 bits per heavy atom. The van der Waals surface area contributed by atoms with Crippen LogP contribution in [0.3, 0.4) is 0 Å². The van der Waals surface area contributed by atoms with Crippen molar-refractivity contribution in [3.8, 4) is 17.4 Å². The van der Waals surface area contributed by atoms with Crippen molar-refractivity contribution >= 4 is 35.2 Å². The summed E-state index contributed by atoms with van der Waals surface area (Å²) < 4.78 is 37.8. The number of aliphatic hydroxyl groups excluding tert-OH is 2. The molecular weight excluding hydrogens is 642 g/mol. The van der Waals surface area contributed by atoms with Crippen LogP contribution in [-0.4, -0.2) is 69.7 Å². The Hall–Kier alpha value is -3.52. The van der Waals surface area contributed by atoms with Crippen LogP contribution in [-0.2, 0) is 0 Å². The maximum absolute atomic E-state index is 13.7. The van der Waals surface area contributed by atoms with Crippen LogP contribution in [0, 0.1) is 11.6 Å². The van der Waals surface area contributed by atoms with E-state index in [0.29, 0.717) is 62.9 Å². The van der Waals surface area contributed by atoms with E-state index in [0.717, 1.165) is 29.4 Å². The van der Waals surface area contributed by atoms with Crippen LogP contribution in [0.4, 0.5) is 8.78 Å². The van der Waals surface area contributed by atoms with Gasteiger partial charge in [0, 0.05) is 23.0 Å². The number of thioether (sulfide) groups is 1. The highest BCUT2D eigenvalue weighted by molar-refractivity contribution is 7.98. The molecule has 4 N–H and O–H groups in total. The number of ether oxygens (including phenoxy) is 2. The predicted octanol–water partition coefficient (Wildman–Crippen LogP) is 5.68. The number of pyridine rings is 2. The minimum atomic E-state index is -0.619. The van der Waals surface area contributed by atoms with Crippen LogP contribution < -0.4 is 20.1 Å². The number of nitrogens with zero attached hydrogens (tertiary/aromatic N) is 2. The second-order valence-electron chi connectivity index (χ2n) is 11.1. The number of halogens is 3. The molecule has 248 valence electrons. The van der Waals surface area contributed by atoms with Crippen LogP contribution in [0.1, 0.15) is 72.1 Å². The van der Waals surface area contributed by atoms with Crippen molar-refractivity contribution in [2.75, 3.05) is 13.4 Å². The Bertz CT molecular complexity index is 1500. The molecule has 2 aliphatic carbocycles. The molecule has 10 nitrogen and oxygen atoms in total. The molecule has 46 heavy (non-hydrogen) atoms. The molecule has 0 saturated heterocycles. The average Bonchev–Trinajstić information content (AvgIpc) is 3.05. The van der Waals surface area contributed by atoms with E-state index in [1.165, 1.54) is 11.8 Å². The summed E-state index contributed by atoms with van der Waals surface area (Å²) in [6.45, 7) is 0. The molecule has 14 heteroatoms. The van der Waals surface area contributed by atoms with Gasteiger partial charge in [0.05, 0.1) is 37.3 Å². The van der Waals surface area contributed by atoms with Gasteiger partial charge in [-0.25, -0.2) is 18.7 Å². The molecule has 1 aromatic carbocycles. The monoisotopic (exact) mass is 678 g/mol. The number of rotatable bonds is 8. The van der Waals surface area contributed by atoms with E-state index in [2.05, 4.69) is 20.6 Å². The Morgan fingerprint density at radius 3 is 1.91 bits per heavy atom. The Labute approximate surface area is 275 Å². The van der Waals surface area contributed by atoms with Crippen molar-refractivity contribution in [2.45, 2.75) is 80.6 Å². The van der Waals surface area contributed by atoms with Crippen molar-refractivity contribution in [3.05, 3.63) is 70.6 Å². The lowest BCUT2D eigenvalue weighted by Gasteiger charge is -2.26. The molecule has 0 spiro atoms. The molecule has 2 fully saturated rings. The second kappa shape index (κ2) is 16.9. The number of amides is 2. The number of hydrogen-bond donors (Lipinski definition) is 4. The minimum Gasteiger partial charge on any atom is -0.495 e. The van der Waals surface area contributed by atoms with Gasteiger partial charge in [0.1, 0.15) is 33.9 Å². The topological polar surface area (TPSA) is 143 Å². The maximum Gasteiger partial charge on any atom is 0.257 e. The molecule has 0 radical (unpaired) electrons. The SMILES string of the molecule is COc1cc(Oc2ncc(F)cc2C(=O)NC2CCC(O)CC2)ccc1SC.O=C(NC1CCC(O)CC1)c1cc(F)cnc1Cl. The van der Waals surface area contributed by atoms with Gasteiger partial charge in [-0.3, -0.25) is 9.59 Å². The minimum absolute atomic E-state index is 0.000217. The number of carbonyl (C=O) groups excluding carboxylic acids is 2. The summed E-state index contributed by atoms with van der Waals surface area (Å²) in [6.07, 6.45) is 8.71. The lowest BCUT2D eigenvalue weighted by Crippen LogP contribution is -2.38. The Morgan fingerprint density at radius 1 is 0.848 bits per heavy atom. The zero-order chi connectivity index (χ0) is 33.2. The van der Waals surface area contributed by atoms with Crippen LogP contribution in [0.2, 0.25) is 5.15 Å². The molecule has 2 saturated carbocycles. The van der Waals surface area contributed by atoms with E-state index in [9.17, 15) is 28.6 Å². The summed E-state index contributed by atoms with van der Waals surface area (Å²) in [5, 5.41) is 24.6. The third-order valence-corrected chi connectivity index (χ3v) is 8.82. The largest absolute Gasteiger partial charge is 0.495 e. The van der Waals surface area contributed by atoms with Gasteiger partial charge in [0.25, 0.3) is 11.8 Å². The van der Waals surface area contributed by atoms with Gasteiger partial charge < -0.3 is 30.3 Å². The summed E-state index contributed by atoms with van der Waals surface area (Å²) >= 11 is 7.29. The Balaban J connectivity index is 0.000000230. The molecular formula is C32H37ClF2N4O6S. The van der Waals surface area contributed by atoms with Crippen molar-refractivity contribution in [1.82, 2.24) is 20.6 Å². The van der Waals surface area contributed by atoms with E-state index in [1.54, 1.807) is 19.2 Å². The normalized spacial score (nSPS) is 20.9. The first-order chi connectivity index (χ1) is 22.1. The summed E-state index contributed by atoms with van der Waals surface area (Å²) in [7, 11) is 1.56. The van der Waals surface area contributed by atoms with E-state index in [4.69, 9.17) is 21.1 Å². The van der Waals surface area contributed by atoms with Crippen molar-refractivity contribution < 1.29 is 38.1 Å². The summed E-state index contributed by atoms with van der Waals surface area (Å²) in [5.41, 5.74) is 0.0711. The standard InChI is InChI=1S/C20H23FN2O4S.C12H14ClFN2O2/c1-26-17-10-15(7-8-18(17)28-2)27-20-16(9-12(21)11-22-20)19(25)23-13-3-5-14(24)6-4-13;13-11-10(5-7(14)6-15-11)12(18)16-8-1-3-9(17)4-2-8/h7-11,13-14,24H,3-6H2,1-2H3,(H,23,25);5-6,8-9,17H,1-4H2,(H,16,18). The van der Waals surface area contributed by atoms with Gasteiger partial charge in [-0.1, -0.05) is 11.6 Å². The first-order valence-electron chi connectivity index (χ1n) is 14.9. The van der Waals surface area contributed by atoms with Crippen LogP contribution in [0.5, 0.6) is 17.4 Å². The fourth-order valence-electron chi connectivity index (χ4n) is 5.21. The molecule has 0 aliphatic heterocycles. The zero-order valence-electron chi connectivity index (χ0n) is 25.5. The highest BCUT2D eigenvalue weighted by Crippen LogP contribution is 2.34. The van der Waals surface area contributed by atoms with Crippen molar-refractivity contribution in [1.29, 1.82) is 0 Å². The molecule has 0 atom stereocenters. The van der Waals surface area contributed by atoms with Crippen LogP contribution in [0.15, 0.2) is 47.6 Å². The molecule has 0 unspecified atom stereocenters. The van der Waals surface area contributed by atoms with Gasteiger partial charge in [0.2, 0.25) is 5.88 Å². The quantitative estimate of drug-likeness (QED) is 0.175. The van der Waals surface area contributed by atoms with Gasteiger partial charge in [-0.05, 0) is 81.9 Å². The predicted molar refractivity (Wildman–Crippen MR) is 170 cm³/mol. The van der Waals surface area contributed by atoms with E-state index in [1.807, 2.05) is 12.3 Å². The summed E-state index contributed by atoms with van der Waals surface area (Å²) in [4.78, 5) is 33.1. The highest BCUT2D eigenvalue weighted by Gasteiger charge is 2.25. The molecule has 3 aromatic rings. The fourth-order valence-corrected chi connectivity index (χ4v) is 5.95. The number of benzene rings is 1. The zero-order valence-corrected chi connectivity index (χ0v) is 27.0. The molecule has 2 aliphatic rings. The number of methoxy groups -OCH3 is 1. The number of aromatic nitrogens is 2. The van der Waals surface area contributed by atoms with Crippen molar-refractivity contribution in [2.24, 2.45) is 0 Å². The van der Waals surface area contributed by atoms with Gasteiger partial charge >= 0.3 is 0 Å². The summed E-state index contributed by atoms with van der Waals surface area (Å²) in [5.74, 6) is -0.990. The van der Waals surface area contributed by atoms with Gasteiger partial charge in [-0.2, -0.15) is 0 Å². The first-order valence-corrected chi connectivity index (χ1v) is 16.5. The number of aliphatic hydroxyl groups is 2. The van der Waals surface area contributed by atoms with Crippen LogP contribution in [0.25, 0.3) is 0 Å². The van der Waals surface area contributed by atoms with E-state index < -0.39 is 23.4 Å². The highest BCUT2D eigenvalue weighted by atomic mass is 35.5. The van der Waals surface area contributed by atoms with E-state index in [-0.39, 0.29) is 46.5 Å². The molecule has 2 heterocycles. The molecule has 5 rings (SSSR count). The third kappa shape index (κ3) is 9.99. The fraction of sp³-hybridized carbons (Fsp3) is 0.438. The number of carbonyl (C=O) groups is 2. The summed E-state index contributed by atoms with van der Waals surface area (Å²) in [6, 6.07) is 7.40. The Kier molecular flexibility index (Phi) is 13.0. The smallest absolute Gasteiger partial charge is 0.257 e. The molecule has 2 aromatic heterocycles.